The van der Waals surface area contributed by atoms with Crippen molar-refractivity contribution >= 4 is 17.7 Å². The van der Waals surface area contributed by atoms with E-state index in [4.69, 9.17) is 5.73 Å². The van der Waals surface area contributed by atoms with Gasteiger partial charge in [-0.2, -0.15) is 11.8 Å². The fourth-order valence-corrected chi connectivity index (χ4v) is 2.92. The molecule has 0 aliphatic carbocycles. The molecule has 0 bridgehead atoms. The summed E-state index contributed by atoms with van der Waals surface area (Å²) in [5.74, 6) is 2.86. The molecule has 3 nitrogen and oxygen atoms in total. The quantitative estimate of drug-likeness (QED) is 0.739. The molecule has 1 amide bonds. The van der Waals surface area contributed by atoms with Crippen LogP contribution < -0.4 is 11.1 Å². The van der Waals surface area contributed by atoms with E-state index in [1.165, 1.54) is 0 Å². The monoisotopic (exact) mass is 216 g/mol. The predicted octanol–water partition coefficient (Wildman–Crippen LogP) is 0.981. The van der Waals surface area contributed by atoms with Crippen molar-refractivity contribution in [2.75, 3.05) is 11.5 Å². The normalized spacial score (nSPS) is 27.7. The largest absolute Gasteiger partial charge is 0.352 e. The van der Waals surface area contributed by atoms with Crippen LogP contribution in [0, 0.1) is 5.92 Å². The minimum Gasteiger partial charge on any atom is -0.352 e. The lowest BCUT2D eigenvalue weighted by molar-refractivity contribution is -0.122. The maximum Gasteiger partial charge on any atom is 0.222 e. The van der Waals surface area contributed by atoms with Gasteiger partial charge in [-0.15, -0.1) is 0 Å². The number of thioether (sulfide) groups is 1. The van der Waals surface area contributed by atoms with Crippen LogP contribution in [-0.4, -0.2) is 29.0 Å². The van der Waals surface area contributed by atoms with Crippen molar-refractivity contribution in [3.05, 3.63) is 0 Å². The summed E-state index contributed by atoms with van der Waals surface area (Å²) in [4.78, 5) is 11.6. The molecule has 2 unspecified atom stereocenters. The van der Waals surface area contributed by atoms with Gasteiger partial charge in [-0.05, 0) is 25.5 Å². The number of rotatable bonds is 3. The van der Waals surface area contributed by atoms with Crippen molar-refractivity contribution in [3.8, 4) is 0 Å². The molecular weight excluding hydrogens is 196 g/mol. The highest BCUT2D eigenvalue weighted by molar-refractivity contribution is 7.99. The molecule has 0 aromatic heterocycles. The van der Waals surface area contributed by atoms with Crippen LogP contribution in [0.15, 0.2) is 0 Å². The Morgan fingerprint density at radius 1 is 1.57 bits per heavy atom. The standard InChI is InChI=1S/C10H20N2OS/c1-7-5-14-6-8(7)12-9(13)4-10(2,3)11/h7-8H,4-6,11H2,1-3H3,(H,12,13). The number of hydrogen-bond acceptors (Lipinski definition) is 3. The van der Waals surface area contributed by atoms with Gasteiger partial charge in [0, 0.05) is 23.8 Å². The predicted molar refractivity (Wildman–Crippen MR) is 61.3 cm³/mol. The summed E-state index contributed by atoms with van der Waals surface area (Å²) in [6.07, 6.45) is 0.404. The van der Waals surface area contributed by atoms with Gasteiger partial charge in [0.15, 0.2) is 0 Å². The first-order valence-electron chi connectivity index (χ1n) is 5.04. The van der Waals surface area contributed by atoms with E-state index in [0.717, 1.165) is 11.5 Å². The van der Waals surface area contributed by atoms with Gasteiger partial charge in [0.05, 0.1) is 0 Å². The lowest BCUT2D eigenvalue weighted by atomic mass is 10.0. The number of amides is 1. The van der Waals surface area contributed by atoms with Gasteiger partial charge < -0.3 is 11.1 Å². The molecule has 3 N–H and O–H groups in total. The van der Waals surface area contributed by atoms with E-state index in [1.54, 1.807) is 0 Å². The molecule has 0 radical (unpaired) electrons. The van der Waals surface area contributed by atoms with Crippen LogP contribution >= 0.6 is 11.8 Å². The first-order valence-corrected chi connectivity index (χ1v) is 6.20. The Balaban J connectivity index is 2.33. The SMILES string of the molecule is CC1CSCC1NC(=O)CC(C)(C)N. The molecule has 0 aromatic rings. The third-order valence-corrected chi connectivity index (χ3v) is 3.68. The minimum atomic E-state index is -0.404. The third kappa shape index (κ3) is 3.88. The second-order valence-electron chi connectivity index (χ2n) is 4.85. The van der Waals surface area contributed by atoms with Crippen LogP contribution in [0.4, 0.5) is 0 Å². The molecule has 1 saturated heterocycles. The minimum absolute atomic E-state index is 0.0804. The first-order chi connectivity index (χ1) is 6.38. The van der Waals surface area contributed by atoms with E-state index in [9.17, 15) is 4.79 Å². The summed E-state index contributed by atoms with van der Waals surface area (Å²) < 4.78 is 0. The third-order valence-electron chi connectivity index (χ3n) is 2.33. The Kier molecular flexibility index (Phi) is 3.84. The number of carbonyl (C=O) groups excluding carboxylic acids is 1. The van der Waals surface area contributed by atoms with Crippen LogP contribution in [0.25, 0.3) is 0 Å². The van der Waals surface area contributed by atoms with E-state index in [2.05, 4.69) is 12.2 Å². The molecule has 1 aliphatic rings. The summed E-state index contributed by atoms with van der Waals surface area (Å²) in [6.45, 7) is 5.93. The van der Waals surface area contributed by atoms with Crippen molar-refractivity contribution in [1.29, 1.82) is 0 Å². The Labute approximate surface area is 90.2 Å². The van der Waals surface area contributed by atoms with Gasteiger partial charge in [-0.25, -0.2) is 0 Å². The summed E-state index contributed by atoms with van der Waals surface area (Å²) in [5, 5.41) is 3.05. The molecule has 1 aliphatic heterocycles. The topological polar surface area (TPSA) is 55.1 Å². The van der Waals surface area contributed by atoms with Gasteiger partial charge in [0.2, 0.25) is 5.91 Å². The second kappa shape index (κ2) is 4.53. The Morgan fingerprint density at radius 3 is 2.64 bits per heavy atom. The summed E-state index contributed by atoms with van der Waals surface area (Å²) in [6, 6.07) is 0.342. The zero-order valence-electron chi connectivity index (χ0n) is 9.17. The average molecular weight is 216 g/mol. The number of nitrogens with one attached hydrogen (secondary N) is 1. The maximum atomic E-state index is 11.6. The number of nitrogens with two attached hydrogens (primary N) is 1. The Bertz CT molecular complexity index is 213. The Hall–Kier alpha value is -0.220. The molecule has 1 fully saturated rings. The molecule has 14 heavy (non-hydrogen) atoms. The Morgan fingerprint density at radius 2 is 2.21 bits per heavy atom. The van der Waals surface area contributed by atoms with Crippen molar-refractivity contribution in [2.24, 2.45) is 11.7 Å². The molecular formula is C10H20N2OS. The highest BCUT2D eigenvalue weighted by Crippen LogP contribution is 2.23. The van der Waals surface area contributed by atoms with Crippen LogP contribution in [0.3, 0.4) is 0 Å². The molecule has 1 heterocycles. The van der Waals surface area contributed by atoms with Crippen LogP contribution in [0.2, 0.25) is 0 Å². The smallest absolute Gasteiger partial charge is 0.222 e. The van der Waals surface area contributed by atoms with Gasteiger partial charge in [-0.1, -0.05) is 6.92 Å². The van der Waals surface area contributed by atoms with Crippen LogP contribution in [0.5, 0.6) is 0 Å². The van der Waals surface area contributed by atoms with Gasteiger partial charge in [-0.3, -0.25) is 4.79 Å². The average Bonchev–Trinajstić information content (AvgIpc) is 2.32. The molecule has 0 spiro atoms. The lowest BCUT2D eigenvalue weighted by Gasteiger charge is -2.21. The van der Waals surface area contributed by atoms with Crippen LogP contribution in [-0.2, 0) is 4.79 Å². The molecule has 4 heteroatoms. The van der Waals surface area contributed by atoms with Crippen molar-refractivity contribution in [1.82, 2.24) is 5.32 Å². The lowest BCUT2D eigenvalue weighted by Crippen LogP contribution is -2.44. The highest BCUT2D eigenvalue weighted by atomic mass is 32.2. The molecule has 82 valence electrons. The van der Waals surface area contributed by atoms with E-state index in [-0.39, 0.29) is 5.91 Å². The zero-order valence-corrected chi connectivity index (χ0v) is 9.99. The van der Waals surface area contributed by atoms with Gasteiger partial charge in [0.1, 0.15) is 0 Å². The van der Waals surface area contributed by atoms with Crippen molar-refractivity contribution < 1.29 is 4.79 Å². The molecule has 0 saturated carbocycles. The van der Waals surface area contributed by atoms with E-state index in [1.807, 2.05) is 25.6 Å². The van der Waals surface area contributed by atoms with Crippen molar-refractivity contribution in [2.45, 2.75) is 38.8 Å². The number of hydrogen-bond donors (Lipinski definition) is 2. The molecule has 0 aromatic carbocycles. The maximum absolute atomic E-state index is 11.6. The fraction of sp³-hybridized carbons (Fsp3) is 0.900. The zero-order chi connectivity index (χ0) is 10.8. The first kappa shape index (κ1) is 11.9. The van der Waals surface area contributed by atoms with Gasteiger partial charge in [0.25, 0.3) is 0 Å². The summed E-state index contributed by atoms with van der Waals surface area (Å²) >= 11 is 1.90. The van der Waals surface area contributed by atoms with E-state index in [0.29, 0.717) is 18.4 Å². The van der Waals surface area contributed by atoms with E-state index >= 15 is 0 Å². The highest BCUT2D eigenvalue weighted by Gasteiger charge is 2.26. The van der Waals surface area contributed by atoms with Gasteiger partial charge >= 0.3 is 0 Å². The van der Waals surface area contributed by atoms with Crippen molar-refractivity contribution in [3.63, 3.8) is 0 Å². The fourth-order valence-electron chi connectivity index (χ4n) is 1.52. The molecule has 1 rings (SSSR count). The summed E-state index contributed by atoms with van der Waals surface area (Å²) in [7, 11) is 0. The number of carbonyl (C=O) groups is 1. The molecule has 2 atom stereocenters. The van der Waals surface area contributed by atoms with Crippen LogP contribution in [0.1, 0.15) is 27.2 Å². The van der Waals surface area contributed by atoms with E-state index < -0.39 is 5.54 Å². The summed E-state index contributed by atoms with van der Waals surface area (Å²) in [5.41, 5.74) is 5.38. The second-order valence-corrected chi connectivity index (χ2v) is 5.93.